The minimum atomic E-state index is -0.124. The monoisotopic (exact) mass is 827 g/mol. The van der Waals surface area contributed by atoms with Crippen LogP contribution in [-0.2, 0) is 21.7 Å². The van der Waals surface area contributed by atoms with Crippen LogP contribution in [0.3, 0.4) is 0 Å². The van der Waals surface area contributed by atoms with Crippen molar-refractivity contribution >= 4 is 63.0 Å². The van der Waals surface area contributed by atoms with Gasteiger partial charge in [-0.2, -0.15) is 0 Å². The fourth-order valence-electron chi connectivity index (χ4n) is 10.8. The summed E-state index contributed by atoms with van der Waals surface area (Å²) in [5.41, 5.74) is 20.9. The number of hydrogen-bond donors (Lipinski definition) is 0. The predicted octanol–water partition coefficient (Wildman–Crippen LogP) is 14.4. The van der Waals surface area contributed by atoms with Crippen LogP contribution >= 0.6 is 0 Å². The molecule has 3 nitrogen and oxygen atoms in total. The van der Waals surface area contributed by atoms with Crippen LogP contribution in [0.2, 0.25) is 0 Å². The minimum absolute atomic E-state index is 0.0387. The smallest absolute Gasteiger partial charge is 0.297 e. The van der Waals surface area contributed by atoms with Crippen LogP contribution in [0.5, 0.6) is 0 Å². The van der Waals surface area contributed by atoms with E-state index in [4.69, 9.17) is 4.42 Å². The number of hydrogen-bond acceptors (Lipinski definition) is 3. The highest BCUT2D eigenvalue weighted by atomic mass is 16.3. The Morgan fingerprint density at radius 1 is 0.619 bits per heavy atom. The first kappa shape index (κ1) is 41.3. The van der Waals surface area contributed by atoms with Gasteiger partial charge in [-0.05, 0) is 140 Å². The van der Waals surface area contributed by atoms with Crippen molar-refractivity contribution in [2.75, 3.05) is 9.80 Å². The summed E-state index contributed by atoms with van der Waals surface area (Å²) in [7, 11) is 0. The average molecular weight is 827 g/mol. The standard InChI is InChI=1S/C59H63BN2O/c1-37-31-49-52-50(32-37)62(45-34-40(39-20-16-14-17-21-39)33-41(35-45)46-22-18-13-15-19-38(46)2)53-51-54(59(11,12)30-29-58(51,9)10)63-55(53)60(52)47-36-43(57(6,7)8)25-28-48(47)61(49)44-26-23-42(24-27-44)56(3,4)5/h13-28,31-36,38H,29-30H2,1-12H3. The molecule has 0 bridgehead atoms. The molecule has 1 atom stereocenters. The van der Waals surface area contributed by atoms with Crippen LogP contribution in [0, 0.1) is 12.8 Å². The van der Waals surface area contributed by atoms with Crippen molar-refractivity contribution in [3.8, 4) is 11.1 Å². The summed E-state index contributed by atoms with van der Waals surface area (Å²) in [5.74, 6) is 1.39. The van der Waals surface area contributed by atoms with Crippen molar-refractivity contribution < 1.29 is 4.42 Å². The van der Waals surface area contributed by atoms with Crippen molar-refractivity contribution in [2.45, 2.75) is 118 Å². The maximum atomic E-state index is 7.69. The Morgan fingerprint density at radius 2 is 1.27 bits per heavy atom. The topological polar surface area (TPSA) is 19.6 Å². The van der Waals surface area contributed by atoms with Crippen LogP contribution < -0.4 is 26.4 Å². The fourth-order valence-corrected chi connectivity index (χ4v) is 10.8. The Kier molecular flexibility index (Phi) is 9.43. The highest BCUT2D eigenvalue weighted by molar-refractivity contribution is 6.99. The van der Waals surface area contributed by atoms with Gasteiger partial charge in [-0.3, -0.25) is 0 Å². The number of allylic oxidation sites excluding steroid dienone is 6. The zero-order valence-electron chi connectivity index (χ0n) is 39.6. The lowest BCUT2D eigenvalue weighted by molar-refractivity contribution is 0.282. The van der Waals surface area contributed by atoms with Crippen LogP contribution in [0.25, 0.3) is 16.7 Å². The molecule has 1 aromatic heterocycles. The predicted molar refractivity (Wildman–Crippen MR) is 271 cm³/mol. The lowest BCUT2D eigenvalue weighted by Gasteiger charge is -2.44. The van der Waals surface area contributed by atoms with Crippen molar-refractivity contribution in [1.29, 1.82) is 0 Å². The van der Waals surface area contributed by atoms with E-state index in [0.717, 1.165) is 29.9 Å². The van der Waals surface area contributed by atoms with Gasteiger partial charge in [0.15, 0.2) is 0 Å². The third-order valence-electron chi connectivity index (χ3n) is 14.6. The molecule has 0 saturated heterocycles. The molecule has 5 aromatic carbocycles. The molecule has 10 rings (SSSR count). The van der Waals surface area contributed by atoms with Crippen molar-refractivity contribution in [3.63, 3.8) is 0 Å². The molecule has 2 aliphatic heterocycles. The molecule has 0 saturated carbocycles. The fraction of sp³-hybridized carbons (Fsp3) is 0.322. The molecule has 4 heteroatoms. The quantitative estimate of drug-likeness (QED) is 0.165. The molecule has 6 aromatic rings. The number of furan rings is 1. The van der Waals surface area contributed by atoms with Crippen molar-refractivity contribution in [2.24, 2.45) is 5.92 Å². The second-order valence-corrected chi connectivity index (χ2v) is 22.2. The first-order valence-corrected chi connectivity index (χ1v) is 23.3. The SMILES string of the molecule is Cc1cc2c3c(c1)N(c1cc(C4=CC=CC=CC4C)cc(-c4ccccc4)c1)c1c(oc4c1C(C)(C)CCC4(C)C)B3c1cc(C(C)(C)C)ccc1N2c1ccc(C(C)(C)C)cc1. The van der Waals surface area contributed by atoms with Crippen LogP contribution in [-0.4, -0.2) is 6.71 Å². The summed E-state index contributed by atoms with van der Waals surface area (Å²) in [4.78, 5) is 5.17. The van der Waals surface area contributed by atoms with E-state index in [2.05, 4.69) is 226 Å². The van der Waals surface area contributed by atoms with Crippen molar-refractivity contribution in [1.82, 2.24) is 0 Å². The van der Waals surface area contributed by atoms with Crippen molar-refractivity contribution in [3.05, 3.63) is 167 Å². The highest BCUT2D eigenvalue weighted by Crippen LogP contribution is 2.55. The maximum absolute atomic E-state index is 7.69. The minimum Gasteiger partial charge on any atom is -0.472 e. The highest BCUT2D eigenvalue weighted by Gasteiger charge is 2.52. The van der Waals surface area contributed by atoms with Gasteiger partial charge in [0.25, 0.3) is 6.71 Å². The molecular weight excluding hydrogens is 763 g/mol. The summed E-state index contributed by atoms with van der Waals surface area (Å²) in [6.45, 7) is 28.1. The number of anilines is 6. The zero-order valence-corrected chi connectivity index (χ0v) is 39.6. The maximum Gasteiger partial charge on any atom is 0.297 e. The summed E-state index contributed by atoms with van der Waals surface area (Å²) >= 11 is 0. The first-order valence-electron chi connectivity index (χ1n) is 23.3. The van der Waals surface area contributed by atoms with Crippen LogP contribution in [0.15, 0.2) is 138 Å². The Morgan fingerprint density at radius 3 is 1.97 bits per heavy atom. The first-order chi connectivity index (χ1) is 29.8. The zero-order chi connectivity index (χ0) is 44.4. The molecule has 0 fully saturated rings. The van der Waals surface area contributed by atoms with Crippen LogP contribution in [0.4, 0.5) is 34.1 Å². The summed E-state index contributed by atoms with van der Waals surface area (Å²) in [5, 5.41) is 0. The van der Waals surface area contributed by atoms with E-state index < -0.39 is 0 Å². The molecular formula is C59H63BN2O. The Bertz CT molecular complexity index is 2890. The van der Waals surface area contributed by atoms with E-state index in [1.54, 1.807) is 0 Å². The molecule has 0 N–H and O–H groups in total. The third kappa shape index (κ3) is 6.79. The van der Waals surface area contributed by atoms with E-state index in [-0.39, 0.29) is 34.3 Å². The molecule has 2 aliphatic carbocycles. The van der Waals surface area contributed by atoms with Gasteiger partial charge >= 0.3 is 0 Å². The summed E-state index contributed by atoms with van der Waals surface area (Å²) < 4.78 is 7.69. The van der Waals surface area contributed by atoms with E-state index in [1.165, 1.54) is 83.9 Å². The summed E-state index contributed by atoms with van der Waals surface area (Å²) in [6.07, 6.45) is 13.3. The Labute approximate surface area is 377 Å². The normalized spacial score (nSPS) is 18.3. The van der Waals surface area contributed by atoms with Gasteiger partial charge in [0.1, 0.15) is 5.76 Å². The number of benzene rings is 5. The van der Waals surface area contributed by atoms with E-state index in [0.29, 0.717) is 0 Å². The lowest BCUT2D eigenvalue weighted by Crippen LogP contribution is -2.61. The summed E-state index contributed by atoms with van der Waals surface area (Å²) in [6, 6.07) is 39.7. The number of fused-ring (bicyclic) bond motifs is 6. The van der Waals surface area contributed by atoms with Gasteiger partial charge in [-0.1, -0.05) is 161 Å². The Hall–Kier alpha value is -5.74. The molecule has 1 unspecified atom stereocenters. The van der Waals surface area contributed by atoms with Gasteiger partial charge in [0.05, 0.1) is 11.3 Å². The molecule has 0 spiro atoms. The van der Waals surface area contributed by atoms with Gasteiger partial charge in [0, 0.05) is 39.4 Å². The molecule has 4 aliphatic rings. The molecule has 0 radical (unpaired) electrons. The van der Waals surface area contributed by atoms with E-state index in [9.17, 15) is 0 Å². The number of aryl methyl sites for hydroxylation is 1. The van der Waals surface area contributed by atoms with Gasteiger partial charge < -0.3 is 14.2 Å². The van der Waals surface area contributed by atoms with Gasteiger partial charge in [-0.15, -0.1) is 0 Å². The third-order valence-corrected chi connectivity index (χ3v) is 14.6. The Balaban J connectivity index is 1.33. The molecule has 63 heavy (non-hydrogen) atoms. The van der Waals surface area contributed by atoms with E-state index >= 15 is 0 Å². The molecule has 318 valence electrons. The average Bonchev–Trinajstić information content (AvgIpc) is 3.53. The second-order valence-electron chi connectivity index (χ2n) is 22.2. The van der Waals surface area contributed by atoms with Gasteiger partial charge in [-0.25, -0.2) is 0 Å². The van der Waals surface area contributed by atoms with Crippen LogP contribution in [0.1, 0.15) is 123 Å². The number of nitrogens with zero attached hydrogens (tertiary/aromatic N) is 2. The lowest BCUT2D eigenvalue weighted by atomic mass is 9.35. The van der Waals surface area contributed by atoms with E-state index in [1.807, 2.05) is 0 Å². The molecule has 3 heterocycles. The molecule has 0 amide bonds. The largest absolute Gasteiger partial charge is 0.472 e. The number of rotatable bonds is 4. The second kappa shape index (κ2) is 14.4. The van der Waals surface area contributed by atoms with Gasteiger partial charge in [0.2, 0.25) is 0 Å².